The summed E-state index contributed by atoms with van der Waals surface area (Å²) in [5.41, 5.74) is 1.33. The molecule has 0 radical (unpaired) electrons. The summed E-state index contributed by atoms with van der Waals surface area (Å²) in [6.07, 6.45) is 0. The summed E-state index contributed by atoms with van der Waals surface area (Å²) in [5.74, 6) is 0.655. The van der Waals surface area contributed by atoms with E-state index in [0.29, 0.717) is 31.7 Å². The number of sulfonamides is 1. The van der Waals surface area contributed by atoms with Crippen LogP contribution in [0.3, 0.4) is 0 Å². The van der Waals surface area contributed by atoms with Crippen LogP contribution in [-0.4, -0.2) is 54.9 Å². The van der Waals surface area contributed by atoms with E-state index in [4.69, 9.17) is 0 Å². The van der Waals surface area contributed by atoms with E-state index in [1.54, 1.807) is 23.5 Å². The maximum Gasteiger partial charge on any atom is 0.243 e. The van der Waals surface area contributed by atoms with Crippen molar-refractivity contribution in [1.82, 2.24) is 14.5 Å². The standard InChI is InChI=1S/C20H20N4O3S2/c1-15(25)16-4-6-17(7-5-16)29(26,27)24-12-10-23(11-13-24)20-9-8-18(21-22-20)19-3-2-14-28-19/h2-9,14H,10-13H2,1H3. The Labute approximate surface area is 173 Å². The third kappa shape index (κ3) is 4.07. The molecule has 0 amide bonds. The highest BCUT2D eigenvalue weighted by Crippen LogP contribution is 2.24. The second-order valence-corrected chi connectivity index (χ2v) is 9.61. The average molecular weight is 429 g/mol. The molecule has 0 unspecified atom stereocenters. The van der Waals surface area contributed by atoms with Crippen LogP contribution < -0.4 is 4.90 Å². The second kappa shape index (κ2) is 8.02. The normalized spacial score (nSPS) is 15.4. The molecule has 0 spiro atoms. The number of aromatic nitrogens is 2. The van der Waals surface area contributed by atoms with Gasteiger partial charge in [-0.1, -0.05) is 18.2 Å². The molecule has 7 nitrogen and oxygen atoms in total. The van der Waals surface area contributed by atoms with Crippen LogP contribution in [0.4, 0.5) is 5.82 Å². The number of carbonyl (C=O) groups excluding carboxylic acids is 1. The summed E-state index contributed by atoms with van der Waals surface area (Å²) in [6.45, 7) is 3.27. The van der Waals surface area contributed by atoms with E-state index in [-0.39, 0.29) is 10.7 Å². The first-order valence-electron chi connectivity index (χ1n) is 9.19. The summed E-state index contributed by atoms with van der Waals surface area (Å²) in [7, 11) is -3.59. The number of benzene rings is 1. The highest BCUT2D eigenvalue weighted by molar-refractivity contribution is 7.89. The highest BCUT2D eigenvalue weighted by Gasteiger charge is 2.29. The highest BCUT2D eigenvalue weighted by atomic mass is 32.2. The lowest BCUT2D eigenvalue weighted by Crippen LogP contribution is -2.49. The molecule has 3 heterocycles. The smallest absolute Gasteiger partial charge is 0.243 e. The van der Waals surface area contributed by atoms with Crippen molar-refractivity contribution in [2.45, 2.75) is 11.8 Å². The number of nitrogens with zero attached hydrogens (tertiary/aromatic N) is 4. The first-order valence-corrected chi connectivity index (χ1v) is 11.5. The fourth-order valence-corrected chi connectivity index (χ4v) is 5.33. The van der Waals surface area contributed by atoms with Gasteiger partial charge in [0.05, 0.1) is 9.77 Å². The van der Waals surface area contributed by atoms with E-state index < -0.39 is 10.0 Å². The van der Waals surface area contributed by atoms with Gasteiger partial charge in [0.1, 0.15) is 5.69 Å². The molecule has 0 atom stereocenters. The average Bonchev–Trinajstić information content (AvgIpc) is 3.29. The zero-order chi connectivity index (χ0) is 20.4. The molecule has 0 N–H and O–H groups in total. The lowest BCUT2D eigenvalue weighted by molar-refractivity contribution is 0.101. The van der Waals surface area contributed by atoms with Crippen molar-refractivity contribution in [2.75, 3.05) is 31.1 Å². The van der Waals surface area contributed by atoms with Crippen molar-refractivity contribution < 1.29 is 13.2 Å². The molecule has 9 heteroatoms. The fraction of sp³-hybridized carbons (Fsp3) is 0.250. The minimum atomic E-state index is -3.59. The summed E-state index contributed by atoms with van der Waals surface area (Å²) >= 11 is 1.61. The SMILES string of the molecule is CC(=O)c1ccc(S(=O)(=O)N2CCN(c3ccc(-c4cccs4)nn3)CC2)cc1. The van der Waals surface area contributed by atoms with Crippen LogP contribution in [0, 0.1) is 0 Å². The van der Waals surface area contributed by atoms with E-state index in [9.17, 15) is 13.2 Å². The first kappa shape index (κ1) is 19.7. The third-order valence-electron chi connectivity index (χ3n) is 4.89. The minimum absolute atomic E-state index is 0.0891. The van der Waals surface area contributed by atoms with Crippen molar-refractivity contribution >= 4 is 33.0 Å². The Morgan fingerprint density at radius 1 is 0.966 bits per heavy atom. The summed E-state index contributed by atoms with van der Waals surface area (Å²) in [4.78, 5) is 14.7. The van der Waals surface area contributed by atoms with Gasteiger partial charge in [0.2, 0.25) is 10.0 Å². The van der Waals surface area contributed by atoms with E-state index in [1.807, 2.05) is 34.5 Å². The molecular formula is C20H20N4O3S2. The number of hydrogen-bond donors (Lipinski definition) is 0. The number of ketones is 1. The Kier molecular flexibility index (Phi) is 5.44. The maximum atomic E-state index is 12.9. The van der Waals surface area contributed by atoms with Gasteiger partial charge in [-0.2, -0.15) is 4.31 Å². The van der Waals surface area contributed by atoms with E-state index in [0.717, 1.165) is 16.4 Å². The molecule has 2 aromatic heterocycles. The molecule has 150 valence electrons. The van der Waals surface area contributed by atoms with Crippen molar-refractivity contribution in [3.05, 3.63) is 59.5 Å². The first-order chi connectivity index (χ1) is 13.9. The zero-order valence-corrected chi connectivity index (χ0v) is 17.5. The fourth-order valence-electron chi connectivity index (χ4n) is 3.22. The van der Waals surface area contributed by atoms with Gasteiger partial charge in [-0.15, -0.1) is 21.5 Å². The zero-order valence-electron chi connectivity index (χ0n) is 15.9. The minimum Gasteiger partial charge on any atom is -0.352 e. The molecule has 0 saturated carbocycles. The van der Waals surface area contributed by atoms with Crippen molar-refractivity contribution in [1.29, 1.82) is 0 Å². The van der Waals surface area contributed by atoms with E-state index in [2.05, 4.69) is 10.2 Å². The summed E-state index contributed by atoms with van der Waals surface area (Å²) in [6, 6.07) is 13.9. The molecule has 1 aliphatic heterocycles. The van der Waals surface area contributed by atoms with Crippen LogP contribution in [0.15, 0.2) is 58.8 Å². The number of Topliss-reactive ketones (excluding diaryl/α,β-unsaturated/α-hetero) is 1. The number of anilines is 1. The molecule has 29 heavy (non-hydrogen) atoms. The van der Waals surface area contributed by atoms with Crippen LogP contribution in [-0.2, 0) is 10.0 Å². The monoisotopic (exact) mass is 428 g/mol. The lowest BCUT2D eigenvalue weighted by Gasteiger charge is -2.34. The molecule has 0 bridgehead atoms. The predicted octanol–water partition coefficient (Wildman–Crippen LogP) is 2.92. The molecule has 1 aliphatic rings. The van der Waals surface area contributed by atoms with Gasteiger partial charge >= 0.3 is 0 Å². The molecule has 4 rings (SSSR count). The third-order valence-corrected chi connectivity index (χ3v) is 7.69. The summed E-state index contributed by atoms with van der Waals surface area (Å²) in [5, 5.41) is 10.6. The maximum absolute atomic E-state index is 12.9. The number of piperazine rings is 1. The van der Waals surface area contributed by atoms with Gasteiger partial charge < -0.3 is 4.90 Å². The molecule has 1 aromatic carbocycles. The lowest BCUT2D eigenvalue weighted by atomic mass is 10.2. The van der Waals surface area contributed by atoms with Gasteiger partial charge in [0.25, 0.3) is 0 Å². The molecule has 3 aromatic rings. The second-order valence-electron chi connectivity index (χ2n) is 6.73. The van der Waals surface area contributed by atoms with Crippen LogP contribution in [0.2, 0.25) is 0 Å². The van der Waals surface area contributed by atoms with Gasteiger partial charge in [-0.25, -0.2) is 8.42 Å². The van der Waals surface area contributed by atoms with Gasteiger partial charge in [0, 0.05) is 31.7 Å². The molecule has 1 saturated heterocycles. The Bertz CT molecular complexity index is 1090. The Morgan fingerprint density at radius 2 is 1.69 bits per heavy atom. The Morgan fingerprint density at radius 3 is 2.24 bits per heavy atom. The van der Waals surface area contributed by atoms with Gasteiger partial charge in [-0.05, 0) is 42.6 Å². The molecular weight excluding hydrogens is 408 g/mol. The number of hydrogen-bond acceptors (Lipinski definition) is 7. The van der Waals surface area contributed by atoms with Gasteiger partial charge in [0.15, 0.2) is 11.6 Å². The van der Waals surface area contributed by atoms with Crippen molar-refractivity contribution in [3.8, 4) is 10.6 Å². The Hall–Kier alpha value is -2.62. The predicted molar refractivity (Wildman–Crippen MR) is 113 cm³/mol. The van der Waals surface area contributed by atoms with Crippen LogP contribution in [0.5, 0.6) is 0 Å². The van der Waals surface area contributed by atoms with Crippen molar-refractivity contribution in [3.63, 3.8) is 0 Å². The van der Waals surface area contributed by atoms with Crippen LogP contribution in [0.25, 0.3) is 10.6 Å². The van der Waals surface area contributed by atoms with E-state index in [1.165, 1.54) is 23.4 Å². The topological polar surface area (TPSA) is 83.5 Å². The molecule has 1 fully saturated rings. The van der Waals surface area contributed by atoms with Crippen molar-refractivity contribution in [2.24, 2.45) is 0 Å². The van der Waals surface area contributed by atoms with E-state index >= 15 is 0 Å². The van der Waals surface area contributed by atoms with Crippen LogP contribution in [0.1, 0.15) is 17.3 Å². The number of rotatable bonds is 5. The number of thiophene rings is 1. The number of carbonyl (C=O) groups is 1. The quantitative estimate of drug-likeness (QED) is 0.581. The Balaban J connectivity index is 1.42. The largest absolute Gasteiger partial charge is 0.352 e. The van der Waals surface area contributed by atoms with Gasteiger partial charge in [-0.3, -0.25) is 4.79 Å². The summed E-state index contributed by atoms with van der Waals surface area (Å²) < 4.78 is 27.2. The molecule has 0 aliphatic carbocycles. The van der Waals surface area contributed by atoms with Crippen LogP contribution >= 0.6 is 11.3 Å².